The van der Waals surface area contributed by atoms with Crippen LogP contribution in [0.1, 0.15) is 52.5 Å². The van der Waals surface area contributed by atoms with Crippen LogP contribution in [0, 0.1) is 0 Å². The highest BCUT2D eigenvalue weighted by atomic mass is 35.5. The average Bonchev–Trinajstić information content (AvgIpc) is 2.69. The molecule has 0 aliphatic carbocycles. The summed E-state index contributed by atoms with van der Waals surface area (Å²) in [5.41, 5.74) is 3.38. The van der Waals surface area contributed by atoms with Gasteiger partial charge in [-0.2, -0.15) is 0 Å². The first kappa shape index (κ1) is 19.4. The number of anilines is 1. The van der Waals surface area contributed by atoms with Gasteiger partial charge in [-0.15, -0.1) is 0 Å². The van der Waals surface area contributed by atoms with E-state index in [1.807, 2.05) is 36.4 Å². The molecule has 0 unspecified atom stereocenters. The normalized spacial score (nSPS) is 14.1. The number of halogens is 1. The minimum Gasteiger partial charge on any atom is -0.371 e. The van der Waals surface area contributed by atoms with Gasteiger partial charge < -0.3 is 10.2 Å². The van der Waals surface area contributed by atoms with Crippen molar-refractivity contribution in [3.63, 3.8) is 0 Å². The van der Waals surface area contributed by atoms with E-state index in [-0.39, 0.29) is 11.7 Å². The van der Waals surface area contributed by atoms with Crippen LogP contribution in [-0.2, 0) is 6.42 Å². The van der Waals surface area contributed by atoms with Gasteiger partial charge in [0.2, 0.25) is 0 Å². The van der Waals surface area contributed by atoms with Gasteiger partial charge in [-0.1, -0.05) is 35.9 Å². The summed E-state index contributed by atoms with van der Waals surface area (Å²) in [5, 5.41) is 3.57. The molecular formula is C22H25ClN2O2. The first-order valence-electron chi connectivity index (χ1n) is 9.47. The molecule has 0 radical (unpaired) electrons. The molecular weight excluding hydrogens is 360 g/mol. The van der Waals surface area contributed by atoms with Crippen molar-refractivity contribution in [1.29, 1.82) is 0 Å². The Bertz CT molecular complexity index is 812. The van der Waals surface area contributed by atoms with Gasteiger partial charge in [0.25, 0.3) is 5.91 Å². The molecule has 3 rings (SSSR count). The lowest BCUT2D eigenvalue weighted by atomic mass is 10.1. The number of carbonyl (C=O) groups is 2. The molecule has 1 heterocycles. The summed E-state index contributed by atoms with van der Waals surface area (Å²) in [4.78, 5) is 26.4. The number of rotatable bonds is 6. The van der Waals surface area contributed by atoms with Gasteiger partial charge >= 0.3 is 0 Å². The predicted octanol–water partition coefficient (Wildman–Crippen LogP) is 4.51. The van der Waals surface area contributed by atoms with Crippen molar-refractivity contribution in [2.24, 2.45) is 0 Å². The van der Waals surface area contributed by atoms with Crippen molar-refractivity contribution in [2.45, 2.75) is 32.6 Å². The lowest BCUT2D eigenvalue weighted by Gasteiger charge is -2.30. The summed E-state index contributed by atoms with van der Waals surface area (Å²) in [5.74, 6) is -0.0421. The quantitative estimate of drug-likeness (QED) is 0.745. The zero-order valence-corrected chi connectivity index (χ0v) is 16.4. The summed E-state index contributed by atoms with van der Waals surface area (Å²) in [7, 11) is 0. The molecule has 1 aliphatic rings. The zero-order chi connectivity index (χ0) is 19.2. The van der Waals surface area contributed by atoms with Crippen molar-refractivity contribution < 1.29 is 9.59 Å². The van der Waals surface area contributed by atoms with E-state index < -0.39 is 0 Å². The van der Waals surface area contributed by atoms with E-state index in [2.05, 4.69) is 10.2 Å². The molecule has 0 spiro atoms. The van der Waals surface area contributed by atoms with Gasteiger partial charge in [0.15, 0.2) is 5.78 Å². The smallest absolute Gasteiger partial charge is 0.253 e. The second-order valence-corrected chi connectivity index (χ2v) is 7.40. The molecule has 0 saturated carbocycles. The van der Waals surface area contributed by atoms with Crippen LogP contribution >= 0.6 is 11.6 Å². The molecule has 0 aromatic heterocycles. The molecule has 0 bridgehead atoms. The molecule has 2 aromatic rings. The van der Waals surface area contributed by atoms with Crippen LogP contribution in [0.2, 0.25) is 5.02 Å². The van der Waals surface area contributed by atoms with Crippen molar-refractivity contribution in [3.8, 4) is 0 Å². The van der Waals surface area contributed by atoms with Crippen LogP contribution in [-0.4, -0.2) is 31.3 Å². The number of benzene rings is 2. The van der Waals surface area contributed by atoms with Crippen molar-refractivity contribution in [2.75, 3.05) is 24.5 Å². The van der Waals surface area contributed by atoms with E-state index >= 15 is 0 Å². The van der Waals surface area contributed by atoms with E-state index in [9.17, 15) is 9.59 Å². The molecule has 142 valence electrons. The van der Waals surface area contributed by atoms with E-state index in [1.54, 1.807) is 13.0 Å². The molecule has 1 N–H and O–H groups in total. The number of hydrogen-bond acceptors (Lipinski definition) is 3. The standard InChI is InChI=1S/C22H25ClN2O2/c1-16(26)18-7-5-17(6-8-18)11-12-24-22(27)20-15-19(23)9-10-21(20)25-13-3-2-4-14-25/h5-10,15H,2-4,11-14H2,1H3,(H,24,27). The minimum absolute atomic E-state index is 0.0565. The first-order chi connectivity index (χ1) is 13.0. The lowest BCUT2D eigenvalue weighted by molar-refractivity contribution is 0.0953. The average molecular weight is 385 g/mol. The summed E-state index contributed by atoms with van der Waals surface area (Å²) in [6.07, 6.45) is 4.26. The third kappa shape index (κ3) is 5.10. The molecule has 2 aromatic carbocycles. The minimum atomic E-state index is -0.0987. The third-order valence-electron chi connectivity index (χ3n) is 4.96. The van der Waals surface area contributed by atoms with Gasteiger partial charge in [0.1, 0.15) is 0 Å². The zero-order valence-electron chi connectivity index (χ0n) is 15.6. The highest BCUT2D eigenvalue weighted by molar-refractivity contribution is 6.31. The van der Waals surface area contributed by atoms with Crippen LogP contribution < -0.4 is 10.2 Å². The fraction of sp³-hybridized carbons (Fsp3) is 0.364. The van der Waals surface area contributed by atoms with E-state index in [0.29, 0.717) is 29.1 Å². The Kier molecular flexibility index (Phi) is 6.51. The van der Waals surface area contributed by atoms with Crippen LogP contribution in [0.4, 0.5) is 5.69 Å². The largest absolute Gasteiger partial charge is 0.371 e. The molecule has 1 aliphatic heterocycles. The summed E-state index contributed by atoms with van der Waals surface area (Å²) < 4.78 is 0. The Morgan fingerprint density at radius 3 is 2.41 bits per heavy atom. The van der Waals surface area contributed by atoms with Crippen molar-refractivity contribution in [1.82, 2.24) is 5.32 Å². The Labute approximate surface area is 165 Å². The number of ketones is 1. The predicted molar refractivity (Wildman–Crippen MR) is 110 cm³/mol. The number of hydrogen-bond donors (Lipinski definition) is 1. The summed E-state index contributed by atoms with van der Waals surface area (Å²) in [6.45, 7) is 4.04. The van der Waals surface area contributed by atoms with E-state index in [1.165, 1.54) is 6.42 Å². The topological polar surface area (TPSA) is 49.4 Å². The van der Waals surface area contributed by atoms with Gasteiger partial charge in [0.05, 0.1) is 5.56 Å². The van der Waals surface area contributed by atoms with E-state index in [0.717, 1.165) is 37.2 Å². The van der Waals surface area contributed by atoms with Crippen LogP contribution in [0.25, 0.3) is 0 Å². The number of piperidine rings is 1. The lowest BCUT2D eigenvalue weighted by Crippen LogP contribution is -2.33. The van der Waals surface area contributed by atoms with E-state index in [4.69, 9.17) is 11.6 Å². The highest BCUT2D eigenvalue weighted by Crippen LogP contribution is 2.27. The molecule has 1 fully saturated rings. The Morgan fingerprint density at radius 1 is 1.04 bits per heavy atom. The third-order valence-corrected chi connectivity index (χ3v) is 5.19. The Balaban J connectivity index is 1.63. The molecule has 1 amide bonds. The SMILES string of the molecule is CC(=O)c1ccc(CCNC(=O)c2cc(Cl)ccc2N2CCCCC2)cc1. The van der Waals surface area contributed by atoms with Crippen LogP contribution in [0.15, 0.2) is 42.5 Å². The number of amides is 1. The van der Waals surface area contributed by atoms with Crippen molar-refractivity contribution >= 4 is 29.0 Å². The van der Waals surface area contributed by atoms with Crippen molar-refractivity contribution in [3.05, 3.63) is 64.2 Å². The van der Waals surface area contributed by atoms with Crippen LogP contribution in [0.3, 0.4) is 0 Å². The highest BCUT2D eigenvalue weighted by Gasteiger charge is 2.18. The monoisotopic (exact) mass is 384 g/mol. The number of carbonyl (C=O) groups excluding carboxylic acids is 2. The summed E-state index contributed by atoms with van der Waals surface area (Å²) >= 11 is 6.14. The molecule has 4 nitrogen and oxygen atoms in total. The van der Waals surface area contributed by atoms with Crippen LogP contribution in [0.5, 0.6) is 0 Å². The Morgan fingerprint density at radius 2 is 1.74 bits per heavy atom. The maximum absolute atomic E-state index is 12.8. The van der Waals surface area contributed by atoms with Gasteiger partial charge in [0, 0.05) is 35.9 Å². The number of nitrogens with one attached hydrogen (secondary N) is 1. The number of nitrogens with zero attached hydrogens (tertiary/aromatic N) is 1. The maximum Gasteiger partial charge on any atom is 0.253 e. The molecule has 5 heteroatoms. The number of Topliss-reactive ketones (excluding diaryl/α,β-unsaturated/α-hetero) is 1. The fourth-order valence-electron chi connectivity index (χ4n) is 3.42. The Hall–Kier alpha value is -2.33. The molecule has 27 heavy (non-hydrogen) atoms. The van der Waals surface area contributed by atoms with Gasteiger partial charge in [-0.3, -0.25) is 9.59 Å². The summed E-state index contributed by atoms with van der Waals surface area (Å²) in [6, 6.07) is 13.1. The molecule has 1 saturated heterocycles. The maximum atomic E-state index is 12.8. The van der Waals surface area contributed by atoms with Gasteiger partial charge in [-0.05, 0) is 56.4 Å². The second-order valence-electron chi connectivity index (χ2n) is 6.97. The first-order valence-corrected chi connectivity index (χ1v) is 9.85. The fourth-order valence-corrected chi connectivity index (χ4v) is 3.59. The van der Waals surface area contributed by atoms with Gasteiger partial charge in [-0.25, -0.2) is 0 Å². The molecule has 0 atom stereocenters. The second kappa shape index (κ2) is 9.05.